The zero-order valence-electron chi connectivity index (χ0n) is 15.6. The molecule has 2 N–H and O–H groups in total. The fourth-order valence-electron chi connectivity index (χ4n) is 3.02. The third kappa shape index (κ3) is 5.71. The Labute approximate surface area is 143 Å². The minimum absolute atomic E-state index is 0.264. The standard InChI is InChI=1S/C19H34O3Si/c1-18(2,3)23(21,19(4,5)6)22-15-14-17(20)13-12-16-10-8-7-9-11-16/h7-11,17,20-21H,12-15H2,1-6H3. The Morgan fingerprint density at radius 2 is 1.48 bits per heavy atom. The molecule has 0 aliphatic carbocycles. The predicted octanol–water partition coefficient (Wildman–Crippen LogP) is 4.42. The van der Waals surface area contributed by atoms with E-state index in [1.165, 1.54) is 5.56 Å². The summed E-state index contributed by atoms with van der Waals surface area (Å²) in [5.74, 6) is 0. The minimum Gasteiger partial charge on any atom is -0.410 e. The van der Waals surface area contributed by atoms with E-state index < -0.39 is 14.7 Å². The fraction of sp³-hybridized carbons (Fsp3) is 0.684. The Kier molecular flexibility index (Phi) is 7.02. The topological polar surface area (TPSA) is 49.7 Å². The van der Waals surface area contributed by atoms with Crippen LogP contribution in [0.4, 0.5) is 0 Å². The van der Waals surface area contributed by atoms with E-state index >= 15 is 0 Å². The number of hydrogen-bond donors (Lipinski definition) is 2. The molecule has 4 heteroatoms. The van der Waals surface area contributed by atoms with Gasteiger partial charge in [0.15, 0.2) is 0 Å². The fourth-order valence-corrected chi connectivity index (χ4v) is 6.55. The molecular weight excluding hydrogens is 304 g/mol. The molecule has 132 valence electrons. The van der Waals surface area contributed by atoms with Crippen LogP contribution < -0.4 is 0 Å². The van der Waals surface area contributed by atoms with Crippen molar-refractivity contribution in [3.8, 4) is 0 Å². The Balaban J connectivity index is 2.47. The second kappa shape index (κ2) is 7.93. The SMILES string of the molecule is CC(C)(C)[Si](O)(OCCC(O)CCc1ccccc1)C(C)(C)C. The number of rotatable bonds is 7. The first-order chi connectivity index (χ1) is 10.5. The molecule has 1 aromatic carbocycles. The molecule has 3 nitrogen and oxygen atoms in total. The Bertz CT molecular complexity index is 446. The monoisotopic (exact) mass is 338 g/mol. The maximum absolute atomic E-state index is 11.1. The van der Waals surface area contributed by atoms with Gasteiger partial charge in [0.05, 0.1) is 6.10 Å². The van der Waals surface area contributed by atoms with E-state index in [1.54, 1.807) is 0 Å². The number of aliphatic hydroxyl groups is 1. The minimum atomic E-state index is -2.92. The van der Waals surface area contributed by atoms with Crippen LogP contribution in [-0.4, -0.2) is 31.2 Å². The summed E-state index contributed by atoms with van der Waals surface area (Å²) >= 11 is 0. The highest BCUT2D eigenvalue weighted by Gasteiger charge is 2.55. The second-order valence-corrected chi connectivity index (χ2v) is 13.0. The molecule has 0 heterocycles. The molecule has 0 saturated carbocycles. The van der Waals surface area contributed by atoms with Gasteiger partial charge in [-0.05, 0) is 24.8 Å². The first-order valence-corrected chi connectivity index (χ1v) is 10.4. The molecule has 1 unspecified atom stereocenters. The van der Waals surface area contributed by atoms with E-state index in [4.69, 9.17) is 4.43 Å². The lowest BCUT2D eigenvalue weighted by Crippen LogP contribution is -2.55. The molecule has 0 bridgehead atoms. The summed E-state index contributed by atoms with van der Waals surface area (Å²) in [6.45, 7) is 12.6. The second-order valence-electron chi connectivity index (χ2n) is 8.46. The average molecular weight is 339 g/mol. The molecular formula is C19H34O3Si. The van der Waals surface area contributed by atoms with Gasteiger partial charge < -0.3 is 14.3 Å². The highest BCUT2D eigenvalue weighted by Crippen LogP contribution is 2.49. The van der Waals surface area contributed by atoms with Gasteiger partial charge in [-0.15, -0.1) is 0 Å². The Morgan fingerprint density at radius 1 is 0.957 bits per heavy atom. The smallest absolute Gasteiger partial charge is 0.346 e. The molecule has 0 radical (unpaired) electrons. The van der Waals surface area contributed by atoms with Gasteiger partial charge in [-0.3, -0.25) is 0 Å². The van der Waals surface area contributed by atoms with E-state index in [0.717, 1.165) is 12.8 Å². The molecule has 23 heavy (non-hydrogen) atoms. The Hall–Kier alpha value is -0.683. The molecule has 0 aliphatic heterocycles. The van der Waals surface area contributed by atoms with Gasteiger partial charge >= 0.3 is 8.56 Å². The summed E-state index contributed by atoms with van der Waals surface area (Å²) < 4.78 is 6.02. The largest absolute Gasteiger partial charge is 0.410 e. The zero-order valence-corrected chi connectivity index (χ0v) is 16.6. The van der Waals surface area contributed by atoms with Crippen molar-refractivity contribution in [1.82, 2.24) is 0 Å². The van der Waals surface area contributed by atoms with Gasteiger partial charge in [-0.2, -0.15) is 0 Å². The van der Waals surface area contributed by atoms with Crippen molar-refractivity contribution < 1.29 is 14.3 Å². The zero-order chi connectivity index (χ0) is 17.7. The van der Waals surface area contributed by atoms with E-state index in [-0.39, 0.29) is 10.1 Å². The summed E-state index contributed by atoms with van der Waals surface area (Å²) in [7, 11) is -2.92. The van der Waals surface area contributed by atoms with Gasteiger partial charge in [0.25, 0.3) is 0 Å². The third-order valence-corrected chi connectivity index (χ3v) is 9.09. The van der Waals surface area contributed by atoms with E-state index in [0.29, 0.717) is 13.0 Å². The first kappa shape index (κ1) is 20.4. The molecule has 1 rings (SSSR count). The van der Waals surface area contributed by atoms with Crippen LogP contribution in [-0.2, 0) is 10.8 Å². The van der Waals surface area contributed by atoms with Crippen LogP contribution in [0.1, 0.15) is 59.9 Å². The molecule has 0 amide bonds. The van der Waals surface area contributed by atoms with Gasteiger partial charge in [-0.1, -0.05) is 71.9 Å². The summed E-state index contributed by atoms with van der Waals surface area (Å²) in [4.78, 5) is 11.1. The highest BCUT2D eigenvalue weighted by molar-refractivity contribution is 6.72. The molecule has 0 aromatic heterocycles. The maximum Gasteiger partial charge on any atom is 0.346 e. The summed E-state index contributed by atoms with van der Waals surface area (Å²) in [6, 6.07) is 10.2. The number of aliphatic hydroxyl groups excluding tert-OH is 1. The van der Waals surface area contributed by atoms with E-state index in [2.05, 4.69) is 12.1 Å². The van der Waals surface area contributed by atoms with Gasteiger partial charge in [0.1, 0.15) is 0 Å². The van der Waals surface area contributed by atoms with Crippen LogP contribution >= 0.6 is 0 Å². The van der Waals surface area contributed by atoms with Crippen LogP contribution in [0, 0.1) is 0 Å². The van der Waals surface area contributed by atoms with Crippen molar-refractivity contribution >= 4 is 8.56 Å². The summed E-state index contributed by atoms with van der Waals surface area (Å²) in [5.41, 5.74) is 1.24. The van der Waals surface area contributed by atoms with Crippen molar-refractivity contribution in [2.24, 2.45) is 0 Å². The van der Waals surface area contributed by atoms with Crippen LogP contribution in [0.5, 0.6) is 0 Å². The number of hydrogen-bond acceptors (Lipinski definition) is 3. The molecule has 0 fully saturated rings. The van der Waals surface area contributed by atoms with Crippen molar-refractivity contribution in [2.75, 3.05) is 6.61 Å². The number of benzene rings is 1. The van der Waals surface area contributed by atoms with Crippen molar-refractivity contribution in [3.63, 3.8) is 0 Å². The average Bonchev–Trinajstić information content (AvgIpc) is 2.43. The lowest BCUT2D eigenvalue weighted by Gasteiger charge is -2.45. The molecule has 0 saturated heterocycles. The quantitative estimate of drug-likeness (QED) is 0.724. The predicted molar refractivity (Wildman–Crippen MR) is 98.7 cm³/mol. The normalized spacial score (nSPS) is 14.8. The molecule has 1 atom stereocenters. The molecule has 0 aliphatic rings. The lowest BCUT2D eigenvalue weighted by molar-refractivity contribution is 0.108. The number of aryl methyl sites for hydroxylation is 1. The van der Waals surface area contributed by atoms with Crippen LogP contribution in [0.3, 0.4) is 0 Å². The summed E-state index contributed by atoms with van der Waals surface area (Å²) in [6.07, 6.45) is 1.75. The molecule has 0 spiro atoms. The highest BCUT2D eigenvalue weighted by atomic mass is 28.4. The van der Waals surface area contributed by atoms with Crippen molar-refractivity contribution in [2.45, 2.75) is 77.0 Å². The first-order valence-electron chi connectivity index (χ1n) is 8.56. The van der Waals surface area contributed by atoms with Crippen LogP contribution in [0.15, 0.2) is 30.3 Å². The van der Waals surface area contributed by atoms with Crippen LogP contribution in [0.2, 0.25) is 10.1 Å². The third-order valence-electron chi connectivity index (χ3n) is 4.40. The van der Waals surface area contributed by atoms with Crippen LogP contribution in [0.25, 0.3) is 0 Å². The Morgan fingerprint density at radius 3 is 1.96 bits per heavy atom. The van der Waals surface area contributed by atoms with E-state index in [1.807, 2.05) is 59.7 Å². The maximum atomic E-state index is 11.1. The van der Waals surface area contributed by atoms with Gasteiger partial charge in [0, 0.05) is 16.7 Å². The molecule has 1 aromatic rings. The van der Waals surface area contributed by atoms with Crippen molar-refractivity contribution in [1.29, 1.82) is 0 Å². The summed E-state index contributed by atoms with van der Waals surface area (Å²) in [5, 5.41) is 9.64. The van der Waals surface area contributed by atoms with Gasteiger partial charge in [0.2, 0.25) is 0 Å². The van der Waals surface area contributed by atoms with Crippen molar-refractivity contribution in [3.05, 3.63) is 35.9 Å². The van der Waals surface area contributed by atoms with Gasteiger partial charge in [-0.25, -0.2) is 0 Å². The van der Waals surface area contributed by atoms with E-state index in [9.17, 15) is 9.90 Å². The lowest BCUT2D eigenvalue weighted by atomic mass is 10.1.